The van der Waals surface area contributed by atoms with Gasteiger partial charge >= 0.3 is 0 Å². The summed E-state index contributed by atoms with van der Waals surface area (Å²) in [6.45, 7) is 1.58. The van der Waals surface area contributed by atoms with Crippen molar-refractivity contribution in [3.05, 3.63) is 59.4 Å². The maximum atomic E-state index is 13.6. The Labute approximate surface area is 109 Å². The molecule has 0 saturated heterocycles. The van der Waals surface area contributed by atoms with Gasteiger partial charge in [-0.05, 0) is 25.1 Å². The van der Waals surface area contributed by atoms with E-state index >= 15 is 0 Å². The number of halogens is 2. The molecule has 0 aliphatic carbocycles. The van der Waals surface area contributed by atoms with Gasteiger partial charge in [0, 0.05) is 23.4 Å². The van der Waals surface area contributed by atoms with Gasteiger partial charge in [-0.15, -0.1) is 0 Å². The Hall–Kier alpha value is -2.01. The molecule has 2 rings (SSSR count). The van der Waals surface area contributed by atoms with Crippen LogP contribution in [-0.4, -0.2) is 10.1 Å². The van der Waals surface area contributed by atoms with Gasteiger partial charge < -0.3 is 9.84 Å². The van der Waals surface area contributed by atoms with Gasteiger partial charge in [0.05, 0.1) is 12.3 Å². The lowest BCUT2D eigenvalue weighted by Crippen LogP contribution is -2.00. The van der Waals surface area contributed by atoms with E-state index in [1.807, 2.05) is 0 Å². The summed E-state index contributed by atoms with van der Waals surface area (Å²) in [6, 6.07) is 5.50. The van der Waals surface area contributed by atoms with Gasteiger partial charge in [-0.25, -0.2) is 8.78 Å². The summed E-state index contributed by atoms with van der Waals surface area (Å²) in [6.07, 6.45) is 1.70. The van der Waals surface area contributed by atoms with Crippen molar-refractivity contribution >= 4 is 0 Å². The second kappa shape index (κ2) is 5.75. The van der Waals surface area contributed by atoms with Crippen molar-refractivity contribution in [2.45, 2.75) is 19.6 Å². The number of hydrogen-bond acceptors (Lipinski definition) is 3. The first kappa shape index (κ1) is 13.4. The third-order valence-electron chi connectivity index (χ3n) is 2.59. The molecule has 0 amide bonds. The Kier molecular flexibility index (Phi) is 4.06. The Morgan fingerprint density at radius 1 is 1.26 bits per heavy atom. The van der Waals surface area contributed by atoms with Gasteiger partial charge in [-0.3, -0.25) is 4.98 Å². The molecule has 1 unspecified atom stereocenters. The minimum atomic E-state index is -0.874. The minimum absolute atomic E-state index is 0.0955. The van der Waals surface area contributed by atoms with Crippen LogP contribution in [0.15, 0.2) is 36.7 Å². The molecule has 2 aromatic rings. The molecular weight excluding hydrogens is 252 g/mol. The largest absolute Gasteiger partial charge is 0.489 e. The van der Waals surface area contributed by atoms with Crippen molar-refractivity contribution in [1.82, 2.24) is 4.98 Å². The van der Waals surface area contributed by atoms with Gasteiger partial charge in [0.1, 0.15) is 24.0 Å². The molecule has 3 nitrogen and oxygen atoms in total. The van der Waals surface area contributed by atoms with E-state index in [9.17, 15) is 13.9 Å². The quantitative estimate of drug-likeness (QED) is 0.924. The molecule has 0 fully saturated rings. The van der Waals surface area contributed by atoms with Crippen LogP contribution in [0.2, 0.25) is 0 Å². The molecule has 5 heteroatoms. The molecule has 0 bridgehead atoms. The van der Waals surface area contributed by atoms with Crippen molar-refractivity contribution in [2.75, 3.05) is 0 Å². The number of aliphatic hydroxyl groups is 1. The number of aliphatic hydroxyl groups excluding tert-OH is 1. The van der Waals surface area contributed by atoms with Gasteiger partial charge in [-0.2, -0.15) is 0 Å². The van der Waals surface area contributed by atoms with E-state index in [0.29, 0.717) is 11.3 Å². The van der Waals surface area contributed by atoms with Crippen molar-refractivity contribution in [3.8, 4) is 5.75 Å². The monoisotopic (exact) mass is 265 g/mol. The van der Waals surface area contributed by atoms with Crippen LogP contribution >= 0.6 is 0 Å². The SMILES string of the molecule is CC(O)c1ccc(OCc2cncc(F)c2)cc1F. The summed E-state index contributed by atoms with van der Waals surface area (Å²) in [5.74, 6) is -0.673. The molecule has 100 valence electrons. The highest BCUT2D eigenvalue weighted by atomic mass is 19.1. The third-order valence-corrected chi connectivity index (χ3v) is 2.59. The molecule has 19 heavy (non-hydrogen) atoms. The smallest absolute Gasteiger partial charge is 0.141 e. The molecule has 0 aliphatic heterocycles. The average Bonchev–Trinajstić information content (AvgIpc) is 2.36. The molecule has 0 aliphatic rings. The maximum absolute atomic E-state index is 13.6. The van der Waals surface area contributed by atoms with Crippen LogP contribution < -0.4 is 4.74 Å². The predicted molar refractivity (Wildman–Crippen MR) is 65.6 cm³/mol. The Morgan fingerprint density at radius 2 is 2.05 bits per heavy atom. The first-order valence-electron chi connectivity index (χ1n) is 5.76. The van der Waals surface area contributed by atoms with Crippen molar-refractivity contribution in [1.29, 1.82) is 0 Å². The van der Waals surface area contributed by atoms with Crippen LogP contribution in [0.5, 0.6) is 5.75 Å². The fourth-order valence-corrected chi connectivity index (χ4v) is 1.64. The lowest BCUT2D eigenvalue weighted by molar-refractivity contribution is 0.194. The highest BCUT2D eigenvalue weighted by molar-refractivity contribution is 5.30. The number of pyridine rings is 1. The summed E-state index contributed by atoms with van der Waals surface area (Å²) in [7, 11) is 0. The average molecular weight is 265 g/mol. The van der Waals surface area contributed by atoms with E-state index in [-0.39, 0.29) is 12.2 Å². The number of aromatic nitrogens is 1. The van der Waals surface area contributed by atoms with Crippen molar-refractivity contribution in [3.63, 3.8) is 0 Å². The standard InChI is InChI=1S/C14H13F2NO2/c1-9(18)13-3-2-12(5-14(13)16)19-8-10-4-11(15)7-17-6-10/h2-7,9,18H,8H2,1H3. The van der Waals surface area contributed by atoms with Crippen LogP contribution in [0.25, 0.3) is 0 Å². The van der Waals surface area contributed by atoms with Crippen molar-refractivity contribution < 1.29 is 18.6 Å². The van der Waals surface area contributed by atoms with Crippen LogP contribution in [-0.2, 0) is 6.61 Å². The van der Waals surface area contributed by atoms with Gasteiger partial charge in [0.2, 0.25) is 0 Å². The second-order valence-corrected chi connectivity index (χ2v) is 4.16. The molecular formula is C14H13F2NO2. The summed E-state index contributed by atoms with van der Waals surface area (Å²) < 4.78 is 31.8. The number of nitrogens with zero attached hydrogens (tertiary/aromatic N) is 1. The Bertz CT molecular complexity index is 573. The second-order valence-electron chi connectivity index (χ2n) is 4.16. The number of hydrogen-bond donors (Lipinski definition) is 1. The summed E-state index contributed by atoms with van der Waals surface area (Å²) >= 11 is 0. The normalized spacial score (nSPS) is 12.2. The van der Waals surface area contributed by atoms with Crippen LogP contribution in [0.4, 0.5) is 8.78 Å². The molecule has 1 atom stereocenters. The third kappa shape index (κ3) is 3.48. The fourth-order valence-electron chi connectivity index (χ4n) is 1.64. The van der Waals surface area contributed by atoms with Gasteiger partial charge in [0.15, 0.2) is 0 Å². The summed E-state index contributed by atoms with van der Waals surface area (Å²) in [5.41, 5.74) is 0.764. The van der Waals surface area contributed by atoms with E-state index < -0.39 is 17.7 Å². The van der Waals surface area contributed by atoms with Crippen LogP contribution in [0, 0.1) is 11.6 Å². The first-order chi connectivity index (χ1) is 9.06. The van der Waals surface area contributed by atoms with E-state index in [2.05, 4.69) is 4.98 Å². The van der Waals surface area contributed by atoms with E-state index in [1.54, 1.807) is 6.07 Å². The molecule has 1 heterocycles. The first-order valence-corrected chi connectivity index (χ1v) is 5.76. The maximum Gasteiger partial charge on any atom is 0.141 e. The topological polar surface area (TPSA) is 42.4 Å². The zero-order valence-electron chi connectivity index (χ0n) is 10.3. The zero-order valence-corrected chi connectivity index (χ0v) is 10.3. The zero-order chi connectivity index (χ0) is 13.8. The number of rotatable bonds is 4. The number of ether oxygens (including phenoxy) is 1. The van der Waals surface area contributed by atoms with E-state index in [4.69, 9.17) is 4.74 Å². The molecule has 0 radical (unpaired) electrons. The minimum Gasteiger partial charge on any atom is -0.489 e. The lowest BCUT2D eigenvalue weighted by Gasteiger charge is -2.10. The number of benzene rings is 1. The lowest BCUT2D eigenvalue weighted by atomic mass is 10.1. The van der Waals surface area contributed by atoms with Gasteiger partial charge in [0.25, 0.3) is 0 Å². The van der Waals surface area contributed by atoms with Crippen LogP contribution in [0.3, 0.4) is 0 Å². The van der Waals surface area contributed by atoms with Crippen molar-refractivity contribution in [2.24, 2.45) is 0 Å². The Morgan fingerprint density at radius 3 is 2.68 bits per heavy atom. The highest BCUT2D eigenvalue weighted by Crippen LogP contribution is 2.22. The molecule has 1 N–H and O–H groups in total. The molecule has 0 saturated carbocycles. The summed E-state index contributed by atoms with van der Waals surface area (Å²) in [4.78, 5) is 3.69. The van der Waals surface area contributed by atoms with E-state index in [1.165, 1.54) is 31.3 Å². The summed E-state index contributed by atoms with van der Waals surface area (Å²) in [5, 5.41) is 9.30. The van der Waals surface area contributed by atoms with Crippen LogP contribution in [0.1, 0.15) is 24.2 Å². The molecule has 0 spiro atoms. The Balaban J connectivity index is 2.06. The highest BCUT2D eigenvalue weighted by Gasteiger charge is 2.09. The van der Waals surface area contributed by atoms with E-state index in [0.717, 1.165) is 6.20 Å². The fraction of sp³-hybridized carbons (Fsp3) is 0.214. The molecule has 1 aromatic heterocycles. The van der Waals surface area contributed by atoms with Gasteiger partial charge in [-0.1, -0.05) is 0 Å². The molecule has 1 aromatic carbocycles. The predicted octanol–water partition coefficient (Wildman–Crippen LogP) is 2.99.